The molecule has 1 aromatic carbocycles. The number of benzene rings is 1. The van der Waals surface area contributed by atoms with Crippen molar-refractivity contribution >= 4 is 5.91 Å². The summed E-state index contributed by atoms with van der Waals surface area (Å²) in [7, 11) is 0. The molecule has 0 heterocycles. The van der Waals surface area contributed by atoms with Gasteiger partial charge in [0.25, 0.3) is 5.91 Å². The summed E-state index contributed by atoms with van der Waals surface area (Å²) in [6.45, 7) is 4.75. The highest BCUT2D eigenvalue weighted by Gasteiger charge is 2.19. The molecule has 0 bridgehead atoms. The van der Waals surface area contributed by atoms with E-state index in [2.05, 4.69) is 12.2 Å². The standard InChI is InChI=1S/C16H22FNO/c1-11-3-6-13(7-4-11)10-18-16(19)14-8-5-12(2)9-15(14)17/h5,8-9,11,13H,3-4,6-7,10H2,1-2H3,(H,18,19). The first kappa shape index (κ1) is 14.0. The lowest BCUT2D eigenvalue weighted by molar-refractivity contribution is 0.0938. The predicted octanol–water partition coefficient (Wildman–Crippen LogP) is 3.69. The van der Waals surface area contributed by atoms with Crippen molar-refractivity contribution in [2.24, 2.45) is 11.8 Å². The van der Waals surface area contributed by atoms with Gasteiger partial charge in [-0.05, 0) is 49.3 Å². The Bertz CT molecular complexity index is 450. The Kier molecular flexibility index (Phi) is 4.56. The van der Waals surface area contributed by atoms with E-state index < -0.39 is 5.82 Å². The van der Waals surface area contributed by atoms with Gasteiger partial charge in [0.2, 0.25) is 0 Å². The molecule has 1 aliphatic carbocycles. The number of aryl methyl sites for hydroxylation is 1. The van der Waals surface area contributed by atoms with Crippen LogP contribution in [0.2, 0.25) is 0 Å². The van der Waals surface area contributed by atoms with E-state index in [0.29, 0.717) is 12.5 Å². The lowest BCUT2D eigenvalue weighted by atomic mass is 9.83. The average Bonchev–Trinajstić information content (AvgIpc) is 2.37. The van der Waals surface area contributed by atoms with Gasteiger partial charge in [0.05, 0.1) is 5.56 Å². The molecule has 19 heavy (non-hydrogen) atoms. The highest BCUT2D eigenvalue weighted by atomic mass is 19.1. The Morgan fingerprint density at radius 3 is 2.63 bits per heavy atom. The van der Waals surface area contributed by atoms with Gasteiger partial charge in [-0.15, -0.1) is 0 Å². The maximum absolute atomic E-state index is 13.7. The summed E-state index contributed by atoms with van der Waals surface area (Å²) in [5.74, 6) is 0.626. The molecular weight excluding hydrogens is 241 g/mol. The number of hydrogen-bond acceptors (Lipinski definition) is 1. The monoisotopic (exact) mass is 263 g/mol. The zero-order valence-corrected chi connectivity index (χ0v) is 11.7. The van der Waals surface area contributed by atoms with Crippen LogP contribution in [0.1, 0.15) is 48.5 Å². The first-order chi connectivity index (χ1) is 9.06. The molecule has 1 amide bonds. The number of amides is 1. The van der Waals surface area contributed by atoms with Gasteiger partial charge in [0.15, 0.2) is 0 Å². The number of carbonyl (C=O) groups excluding carboxylic acids is 1. The Morgan fingerprint density at radius 2 is 2.00 bits per heavy atom. The third-order valence-corrected chi connectivity index (χ3v) is 4.06. The summed E-state index contributed by atoms with van der Waals surface area (Å²) >= 11 is 0. The van der Waals surface area contributed by atoms with Crippen molar-refractivity contribution in [1.82, 2.24) is 5.32 Å². The maximum atomic E-state index is 13.7. The predicted molar refractivity (Wildman–Crippen MR) is 74.6 cm³/mol. The van der Waals surface area contributed by atoms with Crippen molar-refractivity contribution in [3.63, 3.8) is 0 Å². The van der Waals surface area contributed by atoms with E-state index >= 15 is 0 Å². The van der Waals surface area contributed by atoms with E-state index in [-0.39, 0.29) is 11.5 Å². The summed E-state index contributed by atoms with van der Waals surface area (Å²) in [6.07, 6.45) is 4.80. The fourth-order valence-electron chi connectivity index (χ4n) is 2.67. The van der Waals surface area contributed by atoms with Crippen LogP contribution in [-0.2, 0) is 0 Å². The van der Waals surface area contributed by atoms with Crippen molar-refractivity contribution < 1.29 is 9.18 Å². The maximum Gasteiger partial charge on any atom is 0.254 e. The van der Waals surface area contributed by atoms with Gasteiger partial charge in [-0.3, -0.25) is 4.79 Å². The van der Waals surface area contributed by atoms with Crippen LogP contribution in [-0.4, -0.2) is 12.5 Å². The zero-order chi connectivity index (χ0) is 13.8. The van der Waals surface area contributed by atoms with Gasteiger partial charge in [0, 0.05) is 6.54 Å². The van der Waals surface area contributed by atoms with E-state index in [4.69, 9.17) is 0 Å². The Labute approximate surface area is 114 Å². The van der Waals surface area contributed by atoms with E-state index in [9.17, 15) is 9.18 Å². The van der Waals surface area contributed by atoms with Gasteiger partial charge < -0.3 is 5.32 Å². The fraction of sp³-hybridized carbons (Fsp3) is 0.562. The van der Waals surface area contributed by atoms with E-state index in [0.717, 1.165) is 24.3 Å². The van der Waals surface area contributed by atoms with Gasteiger partial charge in [-0.25, -0.2) is 4.39 Å². The number of halogens is 1. The molecule has 1 aliphatic rings. The van der Waals surface area contributed by atoms with Crippen molar-refractivity contribution in [2.75, 3.05) is 6.54 Å². The summed E-state index contributed by atoms with van der Waals surface area (Å²) in [5, 5.41) is 2.86. The average molecular weight is 263 g/mol. The number of nitrogens with one attached hydrogen (secondary N) is 1. The molecule has 3 heteroatoms. The van der Waals surface area contributed by atoms with Crippen molar-refractivity contribution in [3.05, 3.63) is 35.1 Å². The van der Waals surface area contributed by atoms with Crippen LogP contribution >= 0.6 is 0 Å². The first-order valence-electron chi connectivity index (χ1n) is 7.10. The molecule has 1 fully saturated rings. The molecule has 1 saturated carbocycles. The van der Waals surface area contributed by atoms with Gasteiger partial charge in [0.1, 0.15) is 5.82 Å². The van der Waals surface area contributed by atoms with Gasteiger partial charge in [-0.2, -0.15) is 0 Å². The smallest absolute Gasteiger partial charge is 0.254 e. The third-order valence-electron chi connectivity index (χ3n) is 4.06. The summed E-state index contributed by atoms with van der Waals surface area (Å²) in [6, 6.07) is 4.72. The highest BCUT2D eigenvalue weighted by molar-refractivity contribution is 5.94. The summed E-state index contributed by atoms with van der Waals surface area (Å²) in [5.41, 5.74) is 0.977. The van der Waals surface area contributed by atoms with Crippen molar-refractivity contribution in [2.45, 2.75) is 39.5 Å². The SMILES string of the molecule is Cc1ccc(C(=O)NCC2CCC(C)CC2)c(F)c1. The van der Waals surface area contributed by atoms with Gasteiger partial charge in [-0.1, -0.05) is 25.8 Å². The van der Waals surface area contributed by atoms with E-state index in [1.165, 1.54) is 18.9 Å². The lowest BCUT2D eigenvalue weighted by Gasteiger charge is -2.26. The van der Waals surface area contributed by atoms with Crippen LogP contribution in [0, 0.1) is 24.6 Å². The van der Waals surface area contributed by atoms with Crippen LogP contribution in [0.4, 0.5) is 4.39 Å². The number of rotatable bonds is 3. The largest absolute Gasteiger partial charge is 0.352 e. The summed E-state index contributed by atoms with van der Waals surface area (Å²) < 4.78 is 13.7. The normalized spacial score (nSPS) is 23.1. The quantitative estimate of drug-likeness (QED) is 0.885. The molecule has 0 unspecified atom stereocenters. The lowest BCUT2D eigenvalue weighted by Crippen LogP contribution is -2.31. The number of carbonyl (C=O) groups is 1. The Morgan fingerprint density at radius 1 is 1.32 bits per heavy atom. The summed E-state index contributed by atoms with van der Waals surface area (Å²) in [4.78, 5) is 11.9. The van der Waals surface area contributed by atoms with Crippen LogP contribution in [0.25, 0.3) is 0 Å². The molecule has 0 spiro atoms. The first-order valence-corrected chi connectivity index (χ1v) is 7.10. The van der Waals surface area contributed by atoms with Crippen LogP contribution < -0.4 is 5.32 Å². The molecular formula is C16H22FNO. The topological polar surface area (TPSA) is 29.1 Å². The third kappa shape index (κ3) is 3.79. The van der Waals surface area contributed by atoms with Crippen molar-refractivity contribution in [1.29, 1.82) is 0 Å². The molecule has 2 rings (SSSR count). The molecule has 1 aromatic rings. The van der Waals surface area contributed by atoms with E-state index in [1.807, 2.05) is 6.92 Å². The molecule has 0 aromatic heterocycles. The van der Waals surface area contributed by atoms with Crippen LogP contribution in [0.5, 0.6) is 0 Å². The molecule has 1 N–H and O–H groups in total. The minimum Gasteiger partial charge on any atom is -0.352 e. The molecule has 2 nitrogen and oxygen atoms in total. The molecule has 0 radical (unpaired) electrons. The molecule has 0 atom stereocenters. The second-order valence-corrected chi connectivity index (χ2v) is 5.82. The molecule has 0 aliphatic heterocycles. The van der Waals surface area contributed by atoms with Crippen LogP contribution in [0.15, 0.2) is 18.2 Å². The number of hydrogen-bond donors (Lipinski definition) is 1. The zero-order valence-electron chi connectivity index (χ0n) is 11.7. The molecule has 104 valence electrons. The second kappa shape index (κ2) is 6.18. The fourth-order valence-corrected chi connectivity index (χ4v) is 2.67. The molecule has 0 saturated heterocycles. The Balaban J connectivity index is 1.87. The van der Waals surface area contributed by atoms with E-state index in [1.54, 1.807) is 12.1 Å². The minimum atomic E-state index is -0.435. The van der Waals surface area contributed by atoms with Crippen molar-refractivity contribution in [3.8, 4) is 0 Å². The second-order valence-electron chi connectivity index (χ2n) is 5.82. The minimum absolute atomic E-state index is 0.148. The Hall–Kier alpha value is -1.38. The van der Waals surface area contributed by atoms with Gasteiger partial charge >= 0.3 is 0 Å². The van der Waals surface area contributed by atoms with Crippen LogP contribution in [0.3, 0.4) is 0 Å². The highest BCUT2D eigenvalue weighted by Crippen LogP contribution is 2.27.